The van der Waals surface area contributed by atoms with Crippen molar-refractivity contribution in [1.82, 2.24) is 0 Å². The minimum atomic E-state index is 0.930. The molecule has 0 spiro atoms. The number of benzene rings is 9. The molecule has 0 bridgehead atoms. The lowest BCUT2D eigenvalue weighted by atomic mass is 9.85. The average Bonchev–Trinajstić information content (AvgIpc) is 3.75. The van der Waals surface area contributed by atoms with Crippen molar-refractivity contribution in [2.24, 2.45) is 0 Å². The summed E-state index contributed by atoms with van der Waals surface area (Å²) in [6, 6.07) is 61.9. The number of furan rings is 1. The second kappa shape index (κ2) is 10.6. The van der Waals surface area contributed by atoms with Crippen LogP contribution in [-0.2, 0) is 0 Å². The van der Waals surface area contributed by atoms with E-state index in [1.807, 2.05) is 11.3 Å². The van der Waals surface area contributed by atoms with Crippen molar-refractivity contribution in [2.75, 3.05) is 0 Å². The predicted molar refractivity (Wildman–Crippen MR) is 215 cm³/mol. The smallest absolute Gasteiger partial charge is 0.143 e. The fourth-order valence-corrected chi connectivity index (χ4v) is 9.36. The molecule has 2 heteroatoms. The highest BCUT2D eigenvalue weighted by atomic mass is 32.1. The molecular weight excluding hydrogens is 625 g/mol. The molecule has 0 unspecified atom stereocenters. The second-order valence-electron chi connectivity index (χ2n) is 13.2. The molecule has 0 atom stereocenters. The number of rotatable bonds is 3. The van der Waals surface area contributed by atoms with E-state index in [9.17, 15) is 0 Å². The largest absolute Gasteiger partial charge is 0.455 e. The van der Waals surface area contributed by atoms with Crippen LogP contribution < -0.4 is 0 Å². The number of hydrogen-bond donors (Lipinski definition) is 0. The van der Waals surface area contributed by atoms with Gasteiger partial charge in [-0.3, -0.25) is 0 Å². The Bertz CT molecular complexity index is 3090. The Balaban J connectivity index is 1.20. The summed E-state index contributed by atoms with van der Waals surface area (Å²) in [7, 11) is 0. The van der Waals surface area contributed by atoms with E-state index < -0.39 is 0 Å². The summed E-state index contributed by atoms with van der Waals surface area (Å²) in [5.41, 5.74) is 9.14. The average molecular weight is 653 g/mol. The van der Waals surface area contributed by atoms with Crippen molar-refractivity contribution in [3.05, 3.63) is 170 Å². The van der Waals surface area contributed by atoms with Crippen molar-refractivity contribution >= 4 is 85.8 Å². The zero-order valence-electron chi connectivity index (χ0n) is 27.0. The van der Waals surface area contributed by atoms with E-state index in [0.717, 1.165) is 22.1 Å². The van der Waals surface area contributed by atoms with Gasteiger partial charge in [-0.1, -0.05) is 140 Å². The quantitative estimate of drug-likeness (QED) is 0.173. The molecule has 0 aliphatic heterocycles. The molecule has 2 heterocycles. The molecule has 0 saturated carbocycles. The SMILES string of the molecule is c1ccc(-c2ccc3ccc(-c4c5ccccc5c(-c5cccc6c5oc5ccc7sc8ccccc8c7c56)c5ccccc45)cc3c2)cc1. The molecular formula is C48H28OS. The van der Waals surface area contributed by atoms with Gasteiger partial charge in [0.15, 0.2) is 0 Å². The first-order valence-electron chi connectivity index (χ1n) is 17.1. The van der Waals surface area contributed by atoms with Crippen LogP contribution in [0.2, 0.25) is 0 Å². The lowest BCUT2D eigenvalue weighted by Gasteiger charge is -2.18. The molecule has 0 fully saturated rings. The maximum Gasteiger partial charge on any atom is 0.143 e. The monoisotopic (exact) mass is 652 g/mol. The third-order valence-corrected chi connectivity index (χ3v) is 11.6. The van der Waals surface area contributed by atoms with E-state index in [-0.39, 0.29) is 0 Å². The van der Waals surface area contributed by atoms with Crippen LogP contribution in [0.4, 0.5) is 0 Å². The molecule has 11 aromatic rings. The summed E-state index contributed by atoms with van der Waals surface area (Å²) < 4.78 is 9.47. The highest BCUT2D eigenvalue weighted by molar-refractivity contribution is 7.26. The van der Waals surface area contributed by atoms with E-state index in [0.29, 0.717) is 0 Å². The molecule has 0 radical (unpaired) electrons. The number of thiophene rings is 1. The summed E-state index contributed by atoms with van der Waals surface area (Å²) in [5, 5.41) is 12.3. The van der Waals surface area contributed by atoms with Crippen LogP contribution in [0.5, 0.6) is 0 Å². The van der Waals surface area contributed by atoms with Crippen LogP contribution >= 0.6 is 11.3 Å². The fourth-order valence-electron chi connectivity index (χ4n) is 8.24. The molecule has 0 aliphatic carbocycles. The van der Waals surface area contributed by atoms with Gasteiger partial charge in [-0.25, -0.2) is 0 Å². The van der Waals surface area contributed by atoms with Gasteiger partial charge in [0.1, 0.15) is 11.2 Å². The van der Waals surface area contributed by atoms with Gasteiger partial charge >= 0.3 is 0 Å². The zero-order valence-corrected chi connectivity index (χ0v) is 27.8. The molecule has 0 amide bonds. The van der Waals surface area contributed by atoms with Crippen LogP contribution in [0.1, 0.15) is 0 Å². The molecule has 1 nitrogen and oxygen atoms in total. The standard InChI is InChI=1S/C48H28OS/c1-2-11-29(12-3-1)31-23-21-30-22-24-32(28-33(30)27-31)44-34-13-4-6-15-36(34)45(37-16-7-5-14-35(37)44)39-18-10-19-40-46-41(49-48(39)40)25-26-43-47(46)38-17-8-9-20-42(38)50-43/h1-28H. The van der Waals surface area contributed by atoms with Gasteiger partial charge in [-0.05, 0) is 84.9 Å². The van der Waals surface area contributed by atoms with Crippen molar-refractivity contribution < 1.29 is 4.42 Å². The predicted octanol–water partition coefficient (Wildman–Crippen LogP) is 14.4. The van der Waals surface area contributed by atoms with Gasteiger partial charge in [0.05, 0.1) is 0 Å². The molecule has 9 aromatic carbocycles. The summed E-state index contributed by atoms with van der Waals surface area (Å²) in [4.78, 5) is 0. The van der Waals surface area contributed by atoms with Gasteiger partial charge in [-0.15, -0.1) is 11.3 Å². The van der Waals surface area contributed by atoms with E-state index in [2.05, 4.69) is 170 Å². The number of para-hydroxylation sites is 1. The molecule has 0 N–H and O–H groups in total. The highest BCUT2D eigenvalue weighted by Gasteiger charge is 2.22. The Morgan fingerprint density at radius 3 is 1.74 bits per heavy atom. The number of hydrogen-bond acceptors (Lipinski definition) is 2. The molecule has 11 rings (SSSR count). The van der Waals surface area contributed by atoms with Crippen LogP contribution in [0.25, 0.3) is 108 Å². The normalized spacial score (nSPS) is 12.0. The van der Waals surface area contributed by atoms with Crippen LogP contribution in [0.15, 0.2) is 174 Å². The van der Waals surface area contributed by atoms with E-state index in [1.54, 1.807) is 0 Å². The van der Waals surface area contributed by atoms with Crippen LogP contribution in [0, 0.1) is 0 Å². The summed E-state index contributed by atoms with van der Waals surface area (Å²) in [5.74, 6) is 0. The Labute approximate surface area is 292 Å². The maximum absolute atomic E-state index is 6.88. The summed E-state index contributed by atoms with van der Waals surface area (Å²) >= 11 is 1.85. The lowest BCUT2D eigenvalue weighted by molar-refractivity contribution is 0.670. The van der Waals surface area contributed by atoms with E-state index in [1.165, 1.54) is 85.7 Å². The minimum Gasteiger partial charge on any atom is -0.455 e. The topological polar surface area (TPSA) is 13.1 Å². The Hall–Kier alpha value is -6.22. The minimum absolute atomic E-state index is 0.930. The van der Waals surface area contributed by atoms with Crippen molar-refractivity contribution in [3.63, 3.8) is 0 Å². The van der Waals surface area contributed by atoms with E-state index in [4.69, 9.17) is 4.42 Å². The molecule has 232 valence electrons. The molecule has 0 saturated heterocycles. The van der Waals surface area contributed by atoms with Gasteiger partial charge in [0.2, 0.25) is 0 Å². The third-order valence-electron chi connectivity index (χ3n) is 10.4. The third kappa shape index (κ3) is 4.00. The van der Waals surface area contributed by atoms with Crippen molar-refractivity contribution in [1.29, 1.82) is 0 Å². The first kappa shape index (κ1) is 27.7. The van der Waals surface area contributed by atoms with Gasteiger partial charge in [-0.2, -0.15) is 0 Å². The van der Waals surface area contributed by atoms with Crippen molar-refractivity contribution in [3.8, 4) is 33.4 Å². The Morgan fingerprint density at radius 1 is 0.360 bits per heavy atom. The van der Waals surface area contributed by atoms with Gasteiger partial charge < -0.3 is 4.42 Å². The van der Waals surface area contributed by atoms with Crippen LogP contribution in [0.3, 0.4) is 0 Å². The first-order chi connectivity index (χ1) is 24.8. The van der Waals surface area contributed by atoms with Gasteiger partial charge in [0.25, 0.3) is 0 Å². The maximum atomic E-state index is 6.88. The zero-order chi connectivity index (χ0) is 32.8. The Kier molecular flexibility index (Phi) is 5.89. The summed E-state index contributed by atoms with van der Waals surface area (Å²) in [6.45, 7) is 0. The molecule has 0 aliphatic rings. The molecule has 2 aromatic heterocycles. The van der Waals surface area contributed by atoms with E-state index >= 15 is 0 Å². The summed E-state index contributed by atoms with van der Waals surface area (Å²) in [6.07, 6.45) is 0. The number of fused-ring (bicyclic) bond motifs is 10. The molecule has 50 heavy (non-hydrogen) atoms. The first-order valence-corrected chi connectivity index (χ1v) is 17.9. The van der Waals surface area contributed by atoms with Crippen LogP contribution in [-0.4, -0.2) is 0 Å². The highest BCUT2D eigenvalue weighted by Crippen LogP contribution is 2.48. The van der Waals surface area contributed by atoms with Gasteiger partial charge in [0, 0.05) is 42.1 Å². The second-order valence-corrected chi connectivity index (χ2v) is 14.3. The van der Waals surface area contributed by atoms with Crippen molar-refractivity contribution in [2.45, 2.75) is 0 Å². The Morgan fingerprint density at radius 2 is 0.980 bits per heavy atom. The fraction of sp³-hybridized carbons (Fsp3) is 0. The lowest BCUT2D eigenvalue weighted by Crippen LogP contribution is -1.91.